The molecule has 0 aromatic carbocycles. The van der Waals surface area contributed by atoms with Gasteiger partial charge in [0.05, 0.1) is 6.54 Å². The van der Waals surface area contributed by atoms with Gasteiger partial charge in [-0.1, -0.05) is 18.7 Å². The Labute approximate surface area is 79.2 Å². The van der Waals surface area contributed by atoms with Crippen LogP contribution in [0.5, 0.6) is 0 Å². The lowest BCUT2D eigenvalue weighted by Gasteiger charge is -2.16. The number of hydrogen-bond donors (Lipinski definition) is 1. The standard InChI is InChI=1S/C9H18N2S/c1-5-7(2)11-8-10-6-9(3,4)12-8/h7H,5-6H2,1-4H3,(H,10,11). The van der Waals surface area contributed by atoms with Crippen LogP contribution >= 0.6 is 11.8 Å². The molecular formula is C9H18N2S. The first-order valence-electron chi connectivity index (χ1n) is 4.53. The van der Waals surface area contributed by atoms with Crippen LogP contribution in [-0.4, -0.2) is 22.5 Å². The van der Waals surface area contributed by atoms with Gasteiger partial charge >= 0.3 is 0 Å². The Morgan fingerprint density at radius 1 is 1.67 bits per heavy atom. The Hall–Kier alpha value is -0.180. The molecule has 0 aromatic heterocycles. The molecular weight excluding hydrogens is 168 g/mol. The van der Waals surface area contributed by atoms with Crippen molar-refractivity contribution in [2.75, 3.05) is 6.54 Å². The van der Waals surface area contributed by atoms with Crippen LogP contribution in [0.4, 0.5) is 0 Å². The third-order valence-electron chi connectivity index (χ3n) is 1.96. The Morgan fingerprint density at radius 2 is 2.33 bits per heavy atom. The number of thioether (sulfide) groups is 1. The van der Waals surface area contributed by atoms with Crippen LogP contribution in [0.1, 0.15) is 34.1 Å². The van der Waals surface area contributed by atoms with Crippen LogP contribution < -0.4 is 5.32 Å². The largest absolute Gasteiger partial charge is 0.362 e. The molecule has 1 atom stereocenters. The van der Waals surface area contributed by atoms with Gasteiger partial charge in [0.1, 0.15) is 0 Å². The summed E-state index contributed by atoms with van der Waals surface area (Å²) in [6.45, 7) is 9.77. The molecule has 0 aromatic rings. The van der Waals surface area contributed by atoms with E-state index in [1.807, 2.05) is 11.8 Å². The minimum absolute atomic E-state index is 0.301. The van der Waals surface area contributed by atoms with E-state index in [2.05, 4.69) is 38.0 Å². The Morgan fingerprint density at radius 3 is 2.75 bits per heavy atom. The van der Waals surface area contributed by atoms with Gasteiger partial charge < -0.3 is 5.32 Å². The van der Waals surface area contributed by atoms with E-state index in [0.717, 1.165) is 18.1 Å². The molecule has 3 heteroatoms. The van der Waals surface area contributed by atoms with E-state index >= 15 is 0 Å². The first kappa shape index (κ1) is 9.90. The van der Waals surface area contributed by atoms with Crippen molar-refractivity contribution < 1.29 is 0 Å². The van der Waals surface area contributed by atoms with E-state index in [1.165, 1.54) is 0 Å². The lowest BCUT2D eigenvalue weighted by atomic mass is 10.2. The van der Waals surface area contributed by atoms with Crippen LogP contribution in [0.3, 0.4) is 0 Å². The van der Waals surface area contributed by atoms with Gasteiger partial charge in [-0.25, -0.2) is 0 Å². The lowest BCUT2D eigenvalue weighted by Crippen LogP contribution is -2.29. The fourth-order valence-corrected chi connectivity index (χ4v) is 2.02. The normalized spacial score (nSPS) is 23.5. The fraction of sp³-hybridized carbons (Fsp3) is 0.889. The average Bonchev–Trinajstić information content (AvgIpc) is 2.30. The highest BCUT2D eigenvalue weighted by molar-refractivity contribution is 8.15. The van der Waals surface area contributed by atoms with E-state index in [1.54, 1.807) is 0 Å². The maximum atomic E-state index is 4.44. The van der Waals surface area contributed by atoms with E-state index < -0.39 is 0 Å². The fourth-order valence-electron chi connectivity index (χ4n) is 0.976. The second kappa shape index (κ2) is 3.69. The van der Waals surface area contributed by atoms with E-state index in [0.29, 0.717) is 10.8 Å². The predicted molar refractivity (Wildman–Crippen MR) is 56.9 cm³/mol. The second-order valence-electron chi connectivity index (χ2n) is 3.94. The number of amidine groups is 1. The molecule has 0 amide bonds. The molecule has 0 radical (unpaired) electrons. The maximum absolute atomic E-state index is 4.44. The number of rotatable bonds is 2. The number of hydrogen-bond acceptors (Lipinski definition) is 3. The van der Waals surface area contributed by atoms with E-state index in [4.69, 9.17) is 0 Å². The van der Waals surface area contributed by atoms with Crippen molar-refractivity contribution in [3.8, 4) is 0 Å². The summed E-state index contributed by atoms with van der Waals surface area (Å²) in [6.07, 6.45) is 1.15. The summed E-state index contributed by atoms with van der Waals surface area (Å²) in [5, 5.41) is 4.52. The van der Waals surface area contributed by atoms with Crippen LogP contribution in [0.15, 0.2) is 4.99 Å². The Kier molecular flexibility index (Phi) is 3.04. The van der Waals surface area contributed by atoms with Crippen molar-refractivity contribution in [1.29, 1.82) is 0 Å². The van der Waals surface area contributed by atoms with Gasteiger partial charge in [-0.05, 0) is 27.2 Å². The highest BCUT2D eigenvalue weighted by Crippen LogP contribution is 2.30. The zero-order valence-electron chi connectivity index (χ0n) is 8.35. The van der Waals surface area contributed by atoms with Crippen molar-refractivity contribution >= 4 is 16.9 Å². The van der Waals surface area contributed by atoms with Crippen molar-refractivity contribution in [3.63, 3.8) is 0 Å². The van der Waals surface area contributed by atoms with Crippen molar-refractivity contribution in [3.05, 3.63) is 0 Å². The minimum Gasteiger partial charge on any atom is -0.362 e. The first-order chi connectivity index (χ1) is 5.53. The summed E-state index contributed by atoms with van der Waals surface area (Å²) < 4.78 is 0.301. The molecule has 0 bridgehead atoms. The van der Waals surface area contributed by atoms with E-state index in [9.17, 15) is 0 Å². The molecule has 1 aliphatic rings. The Balaban J connectivity index is 2.37. The summed E-state index contributed by atoms with van der Waals surface area (Å²) in [4.78, 5) is 4.44. The van der Waals surface area contributed by atoms with Gasteiger partial charge in [0, 0.05) is 10.8 Å². The molecule has 2 nitrogen and oxygen atoms in total. The molecule has 0 spiro atoms. The van der Waals surface area contributed by atoms with Crippen LogP contribution in [0.2, 0.25) is 0 Å². The van der Waals surface area contributed by atoms with Crippen LogP contribution in [0, 0.1) is 0 Å². The molecule has 1 N–H and O–H groups in total. The third-order valence-corrected chi connectivity index (χ3v) is 3.08. The highest BCUT2D eigenvalue weighted by atomic mass is 32.2. The molecule has 12 heavy (non-hydrogen) atoms. The maximum Gasteiger partial charge on any atom is 0.157 e. The lowest BCUT2D eigenvalue weighted by molar-refractivity contribution is 0.645. The molecule has 0 aliphatic carbocycles. The molecule has 0 saturated carbocycles. The molecule has 1 heterocycles. The molecule has 0 saturated heterocycles. The second-order valence-corrected chi connectivity index (χ2v) is 5.63. The molecule has 1 rings (SSSR count). The number of aliphatic imine (C=N–C) groups is 1. The summed E-state index contributed by atoms with van der Waals surface area (Å²) in [6, 6.07) is 0.546. The Bertz CT molecular complexity index is 187. The zero-order chi connectivity index (χ0) is 9.19. The van der Waals surface area contributed by atoms with Crippen molar-refractivity contribution in [2.45, 2.75) is 44.9 Å². The third kappa shape index (κ3) is 2.70. The molecule has 1 unspecified atom stereocenters. The molecule has 70 valence electrons. The minimum atomic E-state index is 0.301. The van der Waals surface area contributed by atoms with Gasteiger partial charge in [0.25, 0.3) is 0 Å². The van der Waals surface area contributed by atoms with Crippen LogP contribution in [0.25, 0.3) is 0 Å². The average molecular weight is 186 g/mol. The van der Waals surface area contributed by atoms with Crippen molar-refractivity contribution in [1.82, 2.24) is 5.32 Å². The summed E-state index contributed by atoms with van der Waals surface area (Å²) in [5.74, 6) is 0. The van der Waals surface area contributed by atoms with Gasteiger partial charge in [-0.3, -0.25) is 4.99 Å². The van der Waals surface area contributed by atoms with Gasteiger partial charge in [-0.2, -0.15) is 0 Å². The molecule has 0 fully saturated rings. The zero-order valence-corrected chi connectivity index (χ0v) is 9.16. The quantitative estimate of drug-likeness (QED) is 0.715. The van der Waals surface area contributed by atoms with Crippen LogP contribution in [-0.2, 0) is 0 Å². The van der Waals surface area contributed by atoms with Gasteiger partial charge in [-0.15, -0.1) is 0 Å². The van der Waals surface area contributed by atoms with Crippen molar-refractivity contribution in [2.24, 2.45) is 4.99 Å². The van der Waals surface area contributed by atoms with Gasteiger partial charge in [0.2, 0.25) is 0 Å². The number of nitrogens with one attached hydrogen (secondary N) is 1. The summed E-state index contributed by atoms with van der Waals surface area (Å²) in [5.41, 5.74) is 0. The van der Waals surface area contributed by atoms with Gasteiger partial charge in [0.15, 0.2) is 5.17 Å². The topological polar surface area (TPSA) is 24.4 Å². The first-order valence-corrected chi connectivity index (χ1v) is 5.35. The number of nitrogens with zero attached hydrogens (tertiary/aromatic N) is 1. The monoisotopic (exact) mass is 186 g/mol. The summed E-state index contributed by atoms with van der Waals surface area (Å²) in [7, 11) is 0. The predicted octanol–water partition coefficient (Wildman–Crippen LogP) is 2.26. The smallest absolute Gasteiger partial charge is 0.157 e. The summed E-state index contributed by atoms with van der Waals surface area (Å²) >= 11 is 1.85. The van der Waals surface area contributed by atoms with E-state index in [-0.39, 0.29) is 0 Å². The SMILES string of the molecule is CCC(C)NC1=NCC(C)(C)S1. The highest BCUT2D eigenvalue weighted by Gasteiger charge is 2.27. The molecule has 1 aliphatic heterocycles.